The van der Waals surface area contributed by atoms with Gasteiger partial charge in [-0.15, -0.1) is 0 Å². The second kappa shape index (κ2) is 7.73. The molecular formula is C32H21N3O2. The molecule has 1 aliphatic heterocycles. The third-order valence-electron chi connectivity index (χ3n) is 7.14. The molecule has 5 nitrogen and oxygen atoms in total. The Labute approximate surface area is 212 Å². The summed E-state index contributed by atoms with van der Waals surface area (Å²) in [6, 6.07) is 29.7. The minimum absolute atomic E-state index is 0.777. The maximum atomic E-state index is 6.41. The van der Waals surface area contributed by atoms with Crippen LogP contribution in [0, 0.1) is 0 Å². The van der Waals surface area contributed by atoms with E-state index in [2.05, 4.69) is 100 Å². The molecular weight excluding hydrogens is 458 g/mol. The molecule has 0 radical (unpaired) electrons. The molecule has 0 bridgehead atoms. The van der Waals surface area contributed by atoms with Crippen molar-refractivity contribution in [2.75, 3.05) is 16.8 Å². The SMILES string of the molecule is C1=Cc2oc3ccc(N(c4ccc5ccccc5c4)c4cccc5c4oc4cnccc45)cc3c2NC1. The maximum Gasteiger partial charge on any atom is 0.159 e. The number of hydrogen-bond acceptors (Lipinski definition) is 5. The topological polar surface area (TPSA) is 54.4 Å². The molecule has 3 aromatic heterocycles. The average molecular weight is 480 g/mol. The van der Waals surface area contributed by atoms with Gasteiger partial charge in [-0.05, 0) is 59.3 Å². The van der Waals surface area contributed by atoms with Crippen LogP contribution < -0.4 is 10.2 Å². The summed E-state index contributed by atoms with van der Waals surface area (Å²) >= 11 is 0. The quantitative estimate of drug-likeness (QED) is 0.274. The summed E-state index contributed by atoms with van der Waals surface area (Å²) in [4.78, 5) is 6.54. The predicted octanol–water partition coefficient (Wildman–Crippen LogP) is 8.79. The zero-order chi connectivity index (χ0) is 24.3. The fraction of sp³-hybridized carbons (Fsp3) is 0.0312. The molecule has 0 aliphatic carbocycles. The Balaban J connectivity index is 1.42. The molecule has 4 heterocycles. The Kier molecular flexibility index (Phi) is 4.22. The van der Waals surface area contributed by atoms with Crippen molar-refractivity contribution in [3.8, 4) is 0 Å². The maximum absolute atomic E-state index is 6.41. The molecule has 0 atom stereocenters. The van der Waals surface area contributed by atoms with Crippen molar-refractivity contribution in [1.29, 1.82) is 0 Å². The van der Waals surface area contributed by atoms with Gasteiger partial charge in [-0.2, -0.15) is 0 Å². The molecule has 1 aliphatic rings. The van der Waals surface area contributed by atoms with Gasteiger partial charge in [0.05, 0.1) is 17.6 Å². The van der Waals surface area contributed by atoms with Crippen molar-refractivity contribution in [2.45, 2.75) is 0 Å². The molecule has 8 rings (SSSR count). The monoisotopic (exact) mass is 479 g/mol. The smallest absolute Gasteiger partial charge is 0.159 e. The van der Waals surface area contributed by atoms with Crippen LogP contribution in [0.2, 0.25) is 0 Å². The van der Waals surface area contributed by atoms with E-state index in [1.54, 1.807) is 6.20 Å². The van der Waals surface area contributed by atoms with E-state index in [9.17, 15) is 0 Å². The highest BCUT2D eigenvalue weighted by Crippen LogP contribution is 2.44. The second-order valence-corrected chi connectivity index (χ2v) is 9.30. The van der Waals surface area contributed by atoms with Crippen molar-refractivity contribution in [2.24, 2.45) is 0 Å². The largest absolute Gasteiger partial charge is 0.454 e. The predicted molar refractivity (Wildman–Crippen MR) is 151 cm³/mol. The molecule has 0 saturated carbocycles. The summed E-state index contributed by atoms with van der Waals surface area (Å²) < 4.78 is 12.5. The van der Waals surface area contributed by atoms with Crippen LogP contribution in [0.4, 0.5) is 22.7 Å². The Bertz CT molecular complexity index is 2010. The highest BCUT2D eigenvalue weighted by atomic mass is 16.3. The van der Waals surface area contributed by atoms with E-state index in [0.29, 0.717) is 0 Å². The van der Waals surface area contributed by atoms with Gasteiger partial charge in [-0.3, -0.25) is 4.98 Å². The summed E-state index contributed by atoms with van der Waals surface area (Å²) in [5, 5.41) is 9.04. The molecule has 0 unspecified atom stereocenters. The number of hydrogen-bond donors (Lipinski definition) is 1. The molecule has 37 heavy (non-hydrogen) atoms. The first-order chi connectivity index (χ1) is 18.3. The number of benzene rings is 4. The number of aromatic nitrogens is 1. The van der Waals surface area contributed by atoms with E-state index in [0.717, 1.165) is 68.0 Å². The third kappa shape index (κ3) is 3.07. The van der Waals surface area contributed by atoms with E-state index >= 15 is 0 Å². The van der Waals surface area contributed by atoms with Crippen molar-refractivity contribution in [3.63, 3.8) is 0 Å². The standard InChI is InChI=1S/C32H21N3O2/c1-2-6-21-17-22(11-10-20(21)5-1)35(23-12-13-28-26(18-23)31-29(36-28)9-4-15-34-31)27-8-3-7-25-24-14-16-33-19-30(24)37-32(25)27/h1-14,16-19,34H,15H2. The molecule has 0 fully saturated rings. The number of pyridine rings is 1. The van der Waals surface area contributed by atoms with Gasteiger partial charge in [0, 0.05) is 40.3 Å². The zero-order valence-corrected chi connectivity index (χ0v) is 19.8. The second-order valence-electron chi connectivity index (χ2n) is 9.30. The van der Waals surface area contributed by atoms with E-state index in [1.807, 2.05) is 18.3 Å². The van der Waals surface area contributed by atoms with Gasteiger partial charge < -0.3 is 19.1 Å². The van der Waals surface area contributed by atoms with Crippen LogP contribution in [0.15, 0.2) is 112 Å². The van der Waals surface area contributed by atoms with E-state index in [1.165, 1.54) is 10.8 Å². The lowest BCUT2D eigenvalue weighted by atomic mass is 10.1. The third-order valence-corrected chi connectivity index (χ3v) is 7.14. The van der Waals surface area contributed by atoms with Crippen LogP contribution >= 0.6 is 0 Å². The number of nitrogens with one attached hydrogen (secondary N) is 1. The van der Waals surface area contributed by atoms with Crippen LogP contribution in [-0.2, 0) is 0 Å². The van der Waals surface area contributed by atoms with Crippen molar-refractivity contribution in [1.82, 2.24) is 4.98 Å². The van der Waals surface area contributed by atoms with Crippen LogP contribution in [-0.4, -0.2) is 11.5 Å². The minimum atomic E-state index is 0.777. The Hall–Kier alpha value is -5.03. The lowest BCUT2D eigenvalue weighted by Crippen LogP contribution is -2.10. The van der Waals surface area contributed by atoms with Crippen molar-refractivity contribution >= 4 is 72.5 Å². The first-order valence-corrected chi connectivity index (χ1v) is 12.3. The van der Waals surface area contributed by atoms with Gasteiger partial charge in [0.2, 0.25) is 0 Å². The van der Waals surface area contributed by atoms with Gasteiger partial charge in [-0.1, -0.05) is 48.5 Å². The van der Waals surface area contributed by atoms with Crippen LogP contribution in [0.25, 0.3) is 49.8 Å². The average Bonchev–Trinajstić information content (AvgIpc) is 3.52. The van der Waals surface area contributed by atoms with Gasteiger partial charge in [0.1, 0.15) is 5.58 Å². The molecule has 5 heteroatoms. The Morgan fingerprint density at radius 1 is 0.730 bits per heavy atom. The zero-order valence-electron chi connectivity index (χ0n) is 19.8. The molecule has 1 N–H and O–H groups in total. The Morgan fingerprint density at radius 3 is 2.59 bits per heavy atom. The summed E-state index contributed by atoms with van der Waals surface area (Å²) in [6.45, 7) is 0.784. The Morgan fingerprint density at radius 2 is 1.62 bits per heavy atom. The fourth-order valence-electron chi connectivity index (χ4n) is 5.43. The number of anilines is 4. The minimum Gasteiger partial charge on any atom is -0.454 e. The fourth-order valence-corrected chi connectivity index (χ4v) is 5.43. The number of nitrogens with zero attached hydrogens (tertiary/aromatic N) is 2. The number of para-hydroxylation sites is 1. The van der Waals surface area contributed by atoms with E-state index in [4.69, 9.17) is 8.83 Å². The summed E-state index contributed by atoms with van der Waals surface area (Å²) in [5.74, 6) is 0.863. The van der Waals surface area contributed by atoms with Gasteiger partial charge in [0.15, 0.2) is 16.9 Å². The molecule has 7 aromatic rings. The molecule has 4 aromatic carbocycles. The van der Waals surface area contributed by atoms with Crippen LogP contribution in [0.3, 0.4) is 0 Å². The van der Waals surface area contributed by atoms with Crippen LogP contribution in [0.1, 0.15) is 5.76 Å². The summed E-state index contributed by atoms with van der Waals surface area (Å²) in [7, 11) is 0. The number of fused-ring (bicyclic) bond motifs is 7. The summed E-state index contributed by atoms with van der Waals surface area (Å²) in [5.41, 5.74) is 6.54. The lowest BCUT2D eigenvalue weighted by Gasteiger charge is -2.26. The molecule has 176 valence electrons. The first-order valence-electron chi connectivity index (χ1n) is 12.3. The molecule has 0 saturated heterocycles. The van der Waals surface area contributed by atoms with Gasteiger partial charge in [0.25, 0.3) is 0 Å². The van der Waals surface area contributed by atoms with E-state index < -0.39 is 0 Å². The molecule has 0 amide bonds. The number of rotatable bonds is 3. The highest BCUT2D eigenvalue weighted by molar-refractivity contribution is 6.10. The summed E-state index contributed by atoms with van der Waals surface area (Å²) in [6.07, 6.45) is 7.70. The lowest BCUT2D eigenvalue weighted by molar-refractivity contribution is 0.604. The first kappa shape index (κ1) is 20.2. The normalized spacial score (nSPS) is 12.9. The molecule has 0 spiro atoms. The highest BCUT2D eigenvalue weighted by Gasteiger charge is 2.22. The van der Waals surface area contributed by atoms with Gasteiger partial charge >= 0.3 is 0 Å². The van der Waals surface area contributed by atoms with Crippen molar-refractivity contribution < 1.29 is 8.83 Å². The van der Waals surface area contributed by atoms with Crippen LogP contribution in [0.5, 0.6) is 0 Å². The van der Waals surface area contributed by atoms with Crippen molar-refractivity contribution in [3.05, 3.63) is 109 Å². The number of furan rings is 2. The van der Waals surface area contributed by atoms with E-state index in [-0.39, 0.29) is 0 Å². The van der Waals surface area contributed by atoms with Gasteiger partial charge in [-0.25, -0.2) is 0 Å².